The summed E-state index contributed by atoms with van der Waals surface area (Å²) in [6.45, 7) is 2.54. The first kappa shape index (κ1) is 10.3. The van der Waals surface area contributed by atoms with E-state index >= 15 is 0 Å². The molecule has 0 aromatic rings. The van der Waals surface area contributed by atoms with Crippen molar-refractivity contribution < 1.29 is 9.94 Å². The second-order valence-corrected chi connectivity index (χ2v) is 3.21. The van der Waals surface area contributed by atoms with Crippen molar-refractivity contribution in [3.8, 4) is 0 Å². The molecule has 0 aliphatic carbocycles. The predicted molar refractivity (Wildman–Crippen MR) is 49.9 cm³/mol. The molecule has 1 unspecified atom stereocenters. The molecule has 5 heteroatoms. The van der Waals surface area contributed by atoms with E-state index in [-0.39, 0.29) is 6.04 Å². The summed E-state index contributed by atoms with van der Waals surface area (Å²) in [6.07, 6.45) is 2.07. The number of likely N-dealkylation sites (tertiary alicyclic amines) is 1. The van der Waals surface area contributed by atoms with E-state index in [1.165, 1.54) is 0 Å². The average Bonchev–Trinajstić information content (AvgIpc) is 2.61. The van der Waals surface area contributed by atoms with E-state index < -0.39 is 0 Å². The zero-order valence-corrected chi connectivity index (χ0v) is 7.94. The third-order valence-electron chi connectivity index (χ3n) is 2.40. The Kier molecular flexibility index (Phi) is 3.98. The van der Waals surface area contributed by atoms with Gasteiger partial charge in [-0.15, -0.1) is 0 Å². The van der Waals surface area contributed by atoms with Crippen molar-refractivity contribution >= 4 is 5.84 Å². The number of rotatable bonds is 4. The van der Waals surface area contributed by atoms with Gasteiger partial charge in [-0.25, -0.2) is 0 Å². The van der Waals surface area contributed by atoms with Crippen LogP contribution in [-0.2, 0) is 4.74 Å². The SMILES string of the molecule is COCCN1CCCC1C(N)=NO. The molecule has 0 radical (unpaired) electrons. The van der Waals surface area contributed by atoms with Crippen LogP contribution in [0.5, 0.6) is 0 Å². The molecule has 5 nitrogen and oxygen atoms in total. The van der Waals surface area contributed by atoms with Crippen molar-refractivity contribution in [2.45, 2.75) is 18.9 Å². The van der Waals surface area contributed by atoms with E-state index in [0.29, 0.717) is 12.4 Å². The molecule has 0 aromatic heterocycles. The highest BCUT2D eigenvalue weighted by Crippen LogP contribution is 2.16. The molecule has 0 amide bonds. The molecule has 1 aliphatic heterocycles. The molecule has 1 saturated heterocycles. The minimum absolute atomic E-state index is 0.0974. The molecule has 1 heterocycles. The molecule has 76 valence electrons. The molecule has 1 rings (SSSR count). The molecule has 0 aromatic carbocycles. The second-order valence-electron chi connectivity index (χ2n) is 3.21. The Morgan fingerprint density at radius 3 is 3.15 bits per heavy atom. The van der Waals surface area contributed by atoms with Crippen LogP contribution in [0.4, 0.5) is 0 Å². The Balaban J connectivity index is 2.44. The number of hydrogen-bond acceptors (Lipinski definition) is 4. The Labute approximate surface area is 78.1 Å². The first-order valence-corrected chi connectivity index (χ1v) is 4.50. The van der Waals surface area contributed by atoms with Gasteiger partial charge in [-0.3, -0.25) is 4.90 Å². The highest BCUT2D eigenvalue weighted by Gasteiger charge is 2.27. The van der Waals surface area contributed by atoms with Gasteiger partial charge in [0.05, 0.1) is 12.6 Å². The van der Waals surface area contributed by atoms with Gasteiger partial charge in [0.25, 0.3) is 0 Å². The lowest BCUT2D eigenvalue weighted by molar-refractivity contribution is 0.152. The van der Waals surface area contributed by atoms with Crippen LogP contribution in [-0.4, -0.2) is 48.8 Å². The number of oxime groups is 1. The summed E-state index contributed by atoms with van der Waals surface area (Å²) in [4.78, 5) is 2.18. The Morgan fingerprint density at radius 1 is 1.77 bits per heavy atom. The van der Waals surface area contributed by atoms with Crippen molar-refractivity contribution in [1.29, 1.82) is 0 Å². The molecule has 1 aliphatic rings. The Morgan fingerprint density at radius 2 is 2.54 bits per heavy atom. The zero-order valence-electron chi connectivity index (χ0n) is 7.94. The molecule has 0 bridgehead atoms. The van der Waals surface area contributed by atoms with E-state index in [2.05, 4.69) is 10.1 Å². The number of amidine groups is 1. The van der Waals surface area contributed by atoms with Gasteiger partial charge in [0.2, 0.25) is 0 Å². The van der Waals surface area contributed by atoms with E-state index in [4.69, 9.17) is 15.7 Å². The van der Waals surface area contributed by atoms with Crippen LogP contribution < -0.4 is 5.73 Å². The quantitative estimate of drug-likeness (QED) is 0.278. The number of hydrogen-bond donors (Lipinski definition) is 2. The van der Waals surface area contributed by atoms with Crippen LogP contribution >= 0.6 is 0 Å². The van der Waals surface area contributed by atoms with Crippen LogP contribution in [0, 0.1) is 0 Å². The summed E-state index contributed by atoms with van der Waals surface area (Å²) < 4.78 is 4.98. The lowest BCUT2D eigenvalue weighted by atomic mass is 10.2. The Hall–Kier alpha value is -0.810. The highest BCUT2D eigenvalue weighted by molar-refractivity contribution is 5.85. The summed E-state index contributed by atoms with van der Waals surface area (Å²) >= 11 is 0. The van der Waals surface area contributed by atoms with Gasteiger partial charge in [-0.05, 0) is 19.4 Å². The molecular weight excluding hydrogens is 170 g/mol. The maximum Gasteiger partial charge on any atom is 0.156 e. The summed E-state index contributed by atoms with van der Waals surface area (Å²) in [5, 5.41) is 11.6. The summed E-state index contributed by atoms with van der Waals surface area (Å²) in [5.74, 6) is 0.314. The van der Waals surface area contributed by atoms with Crippen LogP contribution in [0.1, 0.15) is 12.8 Å². The number of nitrogens with two attached hydrogens (primary N) is 1. The number of methoxy groups -OCH3 is 1. The molecular formula is C8H17N3O2. The average molecular weight is 187 g/mol. The lowest BCUT2D eigenvalue weighted by Gasteiger charge is -2.22. The minimum atomic E-state index is 0.0974. The van der Waals surface area contributed by atoms with Crippen LogP contribution in [0.2, 0.25) is 0 Å². The minimum Gasteiger partial charge on any atom is -0.409 e. The molecule has 0 spiro atoms. The normalized spacial score (nSPS) is 25.3. The number of ether oxygens (including phenoxy) is 1. The first-order chi connectivity index (χ1) is 6.29. The largest absolute Gasteiger partial charge is 0.409 e. The zero-order chi connectivity index (χ0) is 9.68. The van der Waals surface area contributed by atoms with E-state index in [1.54, 1.807) is 7.11 Å². The standard InChI is InChI=1S/C8H17N3O2/c1-13-6-5-11-4-2-3-7(11)8(9)10-12/h7,12H,2-6H2,1H3,(H2,9,10). The summed E-state index contributed by atoms with van der Waals surface area (Å²) in [5.41, 5.74) is 5.56. The molecule has 13 heavy (non-hydrogen) atoms. The third kappa shape index (κ3) is 2.57. The van der Waals surface area contributed by atoms with Gasteiger partial charge in [-0.2, -0.15) is 0 Å². The predicted octanol–water partition coefficient (Wildman–Crippen LogP) is -0.156. The van der Waals surface area contributed by atoms with Gasteiger partial charge < -0.3 is 15.7 Å². The smallest absolute Gasteiger partial charge is 0.156 e. The topological polar surface area (TPSA) is 71.1 Å². The molecule has 1 fully saturated rings. The van der Waals surface area contributed by atoms with Crippen molar-refractivity contribution in [3.05, 3.63) is 0 Å². The second kappa shape index (κ2) is 5.04. The van der Waals surface area contributed by atoms with Gasteiger partial charge in [-0.1, -0.05) is 5.16 Å². The van der Waals surface area contributed by atoms with Crippen molar-refractivity contribution in [2.24, 2.45) is 10.9 Å². The van der Waals surface area contributed by atoms with Crippen LogP contribution in [0.3, 0.4) is 0 Å². The molecule has 1 atom stereocenters. The maximum absolute atomic E-state index is 8.54. The highest BCUT2D eigenvalue weighted by atomic mass is 16.5. The fraction of sp³-hybridized carbons (Fsp3) is 0.875. The van der Waals surface area contributed by atoms with Gasteiger partial charge in [0.1, 0.15) is 0 Å². The van der Waals surface area contributed by atoms with Crippen molar-refractivity contribution in [1.82, 2.24) is 4.90 Å². The van der Waals surface area contributed by atoms with Gasteiger partial charge in [0.15, 0.2) is 5.84 Å². The summed E-state index contributed by atoms with van der Waals surface area (Å²) in [6, 6.07) is 0.0974. The number of nitrogens with zero attached hydrogens (tertiary/aromatic N) is 2. The maximum atomic E-state index is 8.54. The van der Waals surface area contributed by atoms with Gasteiger partial charge in [0, 0.05) is 13.7 Å². The Bertz CT molecular complexity index is 184. The monoisotopic (exact) mass is 187 g/mol. The third-order valence-corrected chi connectivity index (χ3v) is 2.40. The fourth-order valence-corrected chi connectivity index (χ4v) is 1.70. The van der Waals surface area contributed by atoms with Crippen molar-refractivity contribution in [2.75, 3.05) is 26.8 Å². The lowest BCUT2D eigenvalue weighted by Crippen LogP contribution is -2.41. The fourth-order valence-electron chi connectivity index (χ4n) is 1.70. The van der Waals surface area contributed by atoms with Crippen molar-refractivity contribution in [3.63, 3.8) is 0 Å². The van der Waals surface area contributed by atoms with E-state index in [1.807, 2.05) is 0 Å². The van der Waals surface area contributed by atoms with Gasteiger partial charge >= 0.3 is 0 Å². The molecule has 3 N–H and O–H groups in total. The summed E-state index contributed by atoms with van der Waals surface area (Å²) in [7, 11) is 1.68. The van der Waals surface area contributed by atoms with Crippen LogP contribution in [0.25, 0.3) is 0 Å². The van der Waals surface area contributed by atoms with E-state index in [0.717, 1.165) is 25.9 Å². The molecule has 0 saturated carbocycles. The van der Waals surface area contributed by atoms with Crippen LogP contribution in [0.15, 0.2) is 5.16 Å². The first-order valence-electron chi connectivity index (χ1n) is 4.50. The van der Waals surface area contributed by atoms with E-state index in [9.17, 15) is 0 Å².